The Morgan fingerprint density at radius 1 is 1.19 bits per heavy atom. The third-order valence-corrected chi connectivity index (χ3v) is 5.44. The number of aromatic nitrogens is 2. The SMILES string of the molecule is CN[C@H]1C[C@H](OC)c2cc3c(cc21)ncn3Cc1ccc(OC)c(C)c1. The fourth-order valence-corrected chi connectivity index (χ4v) is 4.04. The van der Waals surface area contributed by atoms with E-state index in [-0.39, 0.29) is 6.10 Å². The molecule has 0 bridgehead atoms. The van der Waals surface area contributed by atoms with E-state index in [0.29, 0.717) is 6.04 Å². The van der Waals surface area contributed by atoms with Crippen molar-refractivity contribution < 1.29 is 9.47 Å². The molecule has 4 rings (SSSR count). The molecule has 0 unspecified atom stereocenters. The van der Waals surface area contributed by atoms with E-state index >= 15 is 0 Å². The average molecular weight is 351 g/mol. The molecule has 5 nitrogen and oxygen atoms in total. The molecule has 0 spiro atoms. The van der Waals surface area contributed by atoms with Crippen LogP contribution in [0, 0.1) is 6.92 Å². The van der Waals surface area contributed by atoms with Crippen molar-refractivity contribution in [3.63, 3.8) is 0 Å². The van der Waals surface area contributed by atoms with Crippen LogP contribution in [-0.4, -0.2) is 30.8 Å². The van der Waals surface area contributed by atoms with E-state index < -0.39 is 0 Å². The highest BCUT2D eigenvalue weighted by molar-refractivity contribution is 5.78. The van der Waals surface area contributed by atoms with Crippen LogP contribution < -0.4 is 10.1 Å². The zero-order valence-electron chi connectivity index (χ0n) is 15.7. The number of imidazole rings is 1. The lowest BCUT2D eigenvalue weighted by Gasteiger charge is -2.11. The average Bonchev–Trinajstić information content (AvgIpc) is 3.21. The van der Waals surface area contributed by atoms with Gasteiger partial charge in [-0.15, -0.1) is 0 Å². The summed E-state index contributed by atoms with van der Waals surface area (Å²) in [5, 5.41) is 3.39. The minimum Gasteiger partial charge on any atom is -0.496 e. The minimum absolute atomic E-state index is 0.137. The van der Waals surface area contributed by atoms with Gasteiger partial charge in [-0.05, 0) is 60.8 Å². The van der Waals surface area contributed by atoms with Gasteiger partial charge in [0.15, 0.2) is 0 Å². The summed E-state index contributed by atoms with van der Waals surface area (Å²) >= 11 is 0. The number of benzene rings is 2. The van der Waals surface area contributed by atoms with Crippen LogP contribution in [0.2, 0.25) is 0 Å². The Morgan fingerprint density at radius 2 is 2.04 bits per heavy atom. The number of ether oxygens (including phenoxy) is 2. The fourth-order valence-electron chi connectivity index (χ4n) is 4.04. The number of fused-ring (bicyclic) bond motifs is 2. The summed E-state index contributed by atoms with van der Waals surface area (Å²) in [5.41, 5.74) is 7.14. The van der Waals surface area contributed by atoms with Crippen LogP contribution in [0.4, 0.5) is 0 Å². The van der Waals surface area contributed by atoms with E-state index in [2.05, 4.69) is 46.1 Å². The summed E-state index contributed by atoms with van der Waals surface area (Å²) in [7, 11) is 5.49. The first-order valence-corrected chi connectivity index (χ1v) is 8.96. The molecule has 1 aliphatic carbocycles. The third kappa shape index (κ3) is 2.77. The molecule has 0 aliphatic heterocycles. The number of rotatable bonds is 5. The Labute approximate surface area is 153 Å². The van der Waals surface area contributed by atoms with E-state index in [1.807, 2.05) is 19.4 Å². The first-order valence-electron chi connectivity index (χ1n) is 8.96. The maximum atomic E-state index is 5.71. The van der Waals surface area contributed by atoms with Gasteiger partial charge in [-0.25, -0.2) is 4.98 Å². The van der Waals surface area contributed by atoms with Crippen LogP contribution in [0.15, 0.2) is 36.7 Å². The lowest BCUT2D eigenvalue weighted by molar-refractivity contribution is 0.0986. The highest BCUT2D eigenvalue weighted by Gasteiger charge is 2.31. The van der Waals surface area contributed by atoms with Gasteiger partial charge in [0.25, 0.3) is 0 Å². The lowest BCUT2D eigenvalue weighted by Crippen LogP contribution is -2.13. The van der Waals surface area contributed by atoms with E-state index in [4.69, 9.17) is 9.47 Å². The molecule has 1 aliphatic rings. The molecule has 1 heterocycles. The first-order chi connectivity index (χ1) is 12.6. The van der Waals surface area contributed by atoms with Gasteiger partial charge >= 0.3 is 0 Å². The predicted octanol–water partition coefficient (Wildman–Crippen LogP) is 3.75. The standard InChI is InChI=1S/C21H25N3O2/c1-13-7-14(5-6-20(13)25-3)11-24-12-23-18-8-15-16(9-19(18)24)21(26-4)10-17(15)22-2/h5-9,12,17,21-22H,10-11H2,1-4H3/t17-,21-/m0/s1. The van der Waals surface area contributed by atoms with Crippen molar-refractivity contribution in [2.24, 2.45) is 0 Å². The third-order valence-electron chi connectivity index (χ3n) is 5.44. The number of nitrogens with zero attached hydrogens (tertiary/aromatic N) is 2. The number of methoxy groups -OCH3 is 2. The maximum absolute atomic E-state index is 5.71. The Bertz CT molecular complexity index is 948. The summed E-state index contributed by atoms with van der Waals surface area (Å²) in [5.74, 6) is 0.920. The van der Waals surface area contributed by atoms with Crippen molar-refractivity contribution in [2.45, 2.75) is 32.0 Å². The monoisotopic (exact) mass is 351 g/mol. The molecular weight excluding hydrogens is 326 g/mol. The van der Waals surface area contributed by atoms with Gasteiger partial charge in [0.05, 0.1) is 30.6 Å². The van der Waals surface area contributed by atoms with Crippen molar-refractivity contribution in [2.75, 3.05) is 21.3 Å². The largest absolute Gasteiger partial charge is 0.496 e. The van der Waals surface area contributed by atoms with Gasteiger partial charge < -0.3 is 19.4 Å². The number of aryl methyl sites for hydroxylation is 1. The second-order valence-corrected chi connectivity index (χ2v) is 6.95. The summed E-state index contributed by atoms with van der Waals surface area (Å²) in [6.45, 7) is 2.86. The molecule has 136 valence electrons. The van der Waals surface area contributed by atoms with Gasteiger partial charge in [0.1, 0.15) is 5.75 Å². The topological polar surface area (TPSA) is 48.3 Å². The van der Waals surface area contributed by atoms with Gasteiger partial charge in [-0.3, -0.25) is 0 Å². The second-order valence-electron chi connectivity index (χ2n) is 6.95. The highest BCUT2D eigenvalue weighted by atomic mass is 16.5. The predicted molar refractivity (Wildman–Crippen MR) is 103 cm³/mol. The molecule has 2 aromatic carbocycles. The molecule has 0 saturated carbocycles. The van der Waals surface area contributed by atoms with Gasteiger partial charge in [0.2, 0.25) is 0 Å². The first kappa shape index (κ1) is 17.1. The number of hydrogen-bond acceptors (Lipinski definition) is 4. The summed E-state index contributed by atoms with van der Waals surface area (Å²) < 4.78 is 13.3. The van der Waals surface area contributed by atoms with E-state index in [1.165, 1.54) is 16.7 Å². The molecule has 1 N–H and O–H groups in total. The quantitative estimate of drug-likeness (QED) is 0.760. The number of nitrogens with one attached hydrogen (secondary N) is 1. The smallest absolute Gasteiger partial charge is 0.121 e. The van der Waals surface area contributed by atoms with Crippen molar-refractivity contribution in [3.8, 4) is 5.75 Å². The molecule has 2 atom stereocenters. The molecule has 0 saturated heterocycles. The molecule has 0 fully saturated rings. The van der Waals surface area contributed by atoms with Gasteiger partial charge in [0, 0.05) is 19.7 Å². The summed E-state index contributed by atoms with van der Waals surface area (Å²) in [6, 6.07) is 11.1. The van der Waals surface area contributed by atoms with Crippen LogP contribution in [0.3, 0.4) is 0 Å². The molecule has 5 heteroatoms. The van der Waals surface area contributed by atoms with Crippen molar-refractivity contribution in [1.29, 1.82) is 0 Å². The maximum Gasteiger partial charge on any atom is 0.121 e. The van der Waals surface area contributed by atoms with E-state index in [9.17, 15) is 0 Å². The second kappa shape index (κ2) is 6.74. The minimum atomic E-state index is 0.137. The van der Waals surface area contributed by atoms with Crippen molar-refractivity contribution in [1.82, 2.24) is 14.9 Å². The molecule has 26 heavy (non-hydrogen) atoms. The van der Waals surface area contributed by atoms with Crippen molar-refractivity contribution in [3.05, 3.63) is 58.9 Å². The van der Waals surface area contributed by atoms with Gasteiger partial charge in [-0.1, -0.05) is 12.1 Å². The van der Waals surface area contributed by atoms with Crippen LogP contribution in [0.1, 0.15) is 40.8 Å². The zero-order chi connectivity index (χ0) is 18.3. The Morgan fingerprint density at radius 3 is 2.73 bits per heavy atom. The Balaban J connectivity index is 1.72. The van der Waals surface area contributed by atoms with Crippen LogP contribution in [0.25, 0.3) is 11.0 Å². The summed E-state index contributed by atoms with van der Waals surface area (Å²) in [4.78, 5) is 4.64. The Hall–Kier alpha value is -2.37. The number of hydrogen-bond donors (Lipinski definition) is 1. The molecule has 1 aromatic heterocycles. The fraction of sp³-hybridized carbons (Fsp3) is 0.381. The summed E-state index contributed by atoms with van der Waals surface area (Å²) in [6.07, 6.45) is 3.03. The van der Waals surface area contributed by atoms with Gasteiger partial charge in [-0.2, -0.15) is 0 Å². The van der Waals surface area contributed by atoms with E-state index in [0.717, 1.165) is 35.3 Å². The van der Waals surface area contributed by atoms with Crippen molar-refractivity contribution >= 4 is 11.0 Å². The zero-order valence-corrected chi connectivity index (χ0v) is 15.7. The lowest BCUT2D eigenvalue weighted by atomic mass is 10.1. The molecular formula is C21H25N3O2. The molecule has 3 aromatic rings. The van der Waals surface area contributed by atoms with Crippen LogP contribution in [0.5, 0.6) is 5.75 Å². The Kier molecular flexibility index (Phi) is 4.42. The van der Waals surface area contributed by atoms with Crippen LogP contribution in [-0.2, 0) is 11.3 Å². The molecule has 0 amide bonds. The highest BCUT2D eigenvalue weighted by Crippen LogP contribution is 2.42. The normalized spacial score (nSPS) is 19.1. The molecule has 0 radical (unpaired) electrons. The van der Waals surface area contributed by atoms with Crippen LogP contribution >= 0.6 is 0 Å². The van der Waals surface area contributed by atoms with E-state index in [1.54, 1.807) is 14.2 Å².